The van der Waals surface area contributed by atoms with E-state index < -0.39 is 120 Å². The molecule has 2 saturated heterocycles. The Balaban J connectivity index is 2.64. The molecule has 0 spiro atoms. The first kappa shape index (κ1) is 48.2. The van der Waals surface area contributed by atoms with E-state index >= 15 is 0 Å². The zero-order valence-corrected chi connectivity index (χ0v) is 43.2. The molecule has 0 saturated carbocycles. The van der Waals surface area contributed by atoms with Crippen LogP contribution in [0.25, 0.3) is 0 Å². The fraction of sp³-hybridized carbons (Fsp3) is 1.00. The summed E-state index contributed by atoms with van der Waals surface area (Å²) in [4.78, 5) is 0. The van der Waals surface area contributed by atoms with Crippen LogP contribution in [-0.2, 0) is 45.2 Å². The molecule has 0 unspecified atom stereocenters. The molecule has 304 valence electrons. The molecule has 51 heavy (non-hydrogen) atoms. The molecule has 18 heteroatoms. The molecular formula is C33H78O11Si7. The second kappa shape index (κ2) is 17.7. The van der Waals surface area contributed by atoms with E-state index in [1.807, 2.05) is 0 Å². The second-order valence-corrected chi connectivity index (χ2v) is 52.3. The van der Waals surface area contributed by atoms with Crippen LogP contribution in [0.3, 0.4) is 0 Å². The molecule has 1 N–H and O–H groups in total. The molecule has 0 radical (unpaired) electrons. The standard InChI is InChI=1S/C33H78O11Si7/c1-45(2,3)36-23-25-27(40-47(7,8)9)29(42-49(13,14)15)31(44-51(19,20)21)33(38-25)35-22-24-26(39-46(4,5)6)28(41-48(10,11)12)30(32(34)37-24)43-50(16,17)18/h24-34H,22-23H2,1-21H3/t24-,25-,26-,27-,28+,29+,30-,31-,32-,33-/m0/s1. The molecule has 2 aliphatic heterocycles. The lowest BCUT2D eigenvalue weighted by Gasteiger charge is -2.52. The summed E-state index contributed by atoms with van der Waals surface area (Å²) in [7, 11) is -14.7. The molecule has 10 atom stereocenters. The summed E-state index contributed by atoms with van der Waals surface area (Å²) in [5.41, 5.74) is 0. The molecule has 0 bridgehead atoms. The summed E-state index contributed by atoms with van der Waals surface area (Å²) in [5.74, 6) is 0. The maximum Gasteiger partial charge on any atom is 0.185 e. The van der Waals surface area contributed by atoms with E-state index in [4.69, 9.17) is 45.2 Å². The Morgan fingerprint density at radius 1 is 0.373 bits per heavy atom. The molecular weight excluding hydrogens is 769 g/mol. The topological polar surface area (TPSA) is 113 Å². The van der Waals surface area contributed by atoms with Gasteiger partial charge in [0.2, 0.25) is 0 Å². The fourth-order valence-electron chi connectivity index (χ4n) is 5.95. The van der Waals surface area contributed by atoms with Gasteiger partial charge in [0.25, 0.3) is 0 Å². The van der Waals surface area contributed by atoms with Crippen LogP contribution in [0.5, 0.6) is 0 Å². The Labute approximate surface area is 319 Å². The lowest BCUT2D eigenvalue weighted by molar-refractivity contribution is -0.316. The van der Waals surface area contributed by atoms with Crippen LogP contribution in [0.1, 0.15) is 0 Å². The van der Waals surface area contributed by atoms with E-state index in [-0.39, 0.29) is 6.61 Å². The average molecular weight is 848 g/mol. The summed E-state index contributed by atoms with van der Waals surface area (Å²) in [6, 6.07) is 0. The fourth-order valence-corrected chi connectivity index (χ4v) is 13.1. The number of aliphatic hydroxyl groups is 1. The third-order valence-electron chi connectivity index (χ3n) is 7.24. The van der Waals surface area contributed by atoms with Crippen molar-refractivity contribution in [1.29, 1.82) is 0 Å². The number of rotatable bonds is 18. The Morgan fingerprint density at radius 3 is 1.06 bits per heavy atom. The van der Waals surface area contributed by atoms with Gasteiger partial charge in [0.1, 0.15) is 48.8 Å². The first-order valence-electron chi connectivity index (χ1n) is 18.8. The predicted octanol–water partition coefficient (Wildman–Crippen LogP) is 7.62. The summed E-state index contributed by atoms with van der Waals surface area (Å²) < 4.78 is 67.8. The highest BCUT2D eigenvalue weighted by Gasteiger charge is 2.55. The first-order chi connectivity index (χ1) is 22.5. The van der Waals surface area contributed by atoms with Crippen molar-refractivity contribution in [3.63, 3.8) is 0 Å². The van der Waals surface area contributed by atoms with Crippen molar-refractivity contribution in [2.45, 2.75) is 199 Å². The smallest absolute Gasteiger partial charge is 0.185 e. The van der Waals surface area contributed by atoms with Crippen molar-refractivity contribution in [3.8, 4) is 0 Å². The molecule has 0 aromatic carbocycles. The zero-order chi connectivity index (χ0) is 39.8. The summed E-state index contributed by atoms with van der Waals surface area (Å²) in [6.07, 6.45) is -6.28. The number of ether oxygens (including phenoxy) is 3. The highest BCUT2D eigenvalue weighted by molar-refractivity contribution is 6.72. The van der Waals surface area contributed by atoms with Gasteiger partial charge in [0, 0.05) is 0 Å². The van der Waals surface area contributed by atoms with Gasteiger partial charge in [-0.2, -0.15) is 0 Å². The van der Waals surface area contributed by atoms with Gasteiger partial charge in [-0.1, -0.05) is 0 Å². The lowest BCUT2D eigenvalue weighted by Crippen LogP contribution is -2.68. The van der Waals surface area contributed by atoms with Crippen LogP contribution in [0.15, 0.2) is 0 Å². The quantitative estimate of drug-likeness (QED) is 0.138. The first-order valence-corrected chi connectivity index (χ1v) is 42.7. The Hall–Kier alpha value is 1.08. The monoisotopic (exact) mass is 846 g/mol. The number of aliphatic hydroxyl groups excluding tert-OH is 1. The van der Waals surface area contributed by atoms with Gasteiger partial charge in [-0.25, -0.2) is 0 Å². The van der Waals surface area contributed by atoms with Crippen molar-refractivity contribution in [3.05, 3.63) is 0 Å². The van der Waals surface area contributed by atoms with E-state index in [1.165, 1.54) is 0 Å². The summed E-state index contributed by atoms with van der Waals surface area (Å²) in [5, 5.41) is 11.5. The van der Waals surface area contributed by atoms with Crippen molar-refractivity contribution in [1.82, 2.24) is 0 Å². The molecule has 0 aromatic rings. The van der Waals surface area contributed by atoms with Crippen molar-refractivity contribution >= 4 is 58.2 Å². The third-order valence-corrected chi connectivity index (χ3v) is 14.2. The molecule has 0 aromatic heterocycles. The van der Waals surface area contributed by atoms with E-state index in [2.05, 4.69) is 137 Å². The van der Waals surface area contributed by atoms with Crippen LogP contribution < -0.4 is 0 Å². The lowest BCUT2D eigenvalue weighted by atomic mass is 9.98. The van der Waals surface area contributed by atoms with Gasteiger partial charge >= 0.3 is 0 Å². The van der Waals surface area contributed by atoms with Crippen LogP contribution >= 0.6 is 0 Å². The van der Waals surface area contributed by atoms with E-state index in [0.717, 1.165) is 0 Å². The largest absolute Gasteiger partial charge is 0.415 e. The van der Waals surface area contributed by atoms with E-state index in [9.17, 15) is 5.11 Å². The third kappa shape index (κ3) is 18.3. The van der Waals surface area contributed by atoms with E-state index in [1.54, 1.807) is 0 Å². The molecule has 2 aliphatic rings. The number of hydrogen-bond donors (Lipinski definition) is 1. The normalized spacial score (nSPS) is 32.4. The van der Waals surface area contributed by atoms with Gasteiger partial charge in [-0.15, -0.1) is 0 Å². The SMILES string of the molecule is C[Si](C)(C)OC[C@@H]1O[C@H](OC[C@@H]2O[C@H](O)[C@@H](O[Si](C)(C)C)[C@H](O[Si](C)(C)C)[C@H]2O[Si](C)(C)C)[C@@H](O[Si](C)(C)C)[C@H](O[Si](C)(C)C)[C@H]1O[Si](C)(C)C. The molecule has 11 nitrogen and oxygen atoms in total. The Bertz CT molecular complexity index is 1070. The second-order valence-electron chi connectivity index (χ2n) is 21.0. The van der Waals surface area contributed by atoms with Crippen LogP contribution in [-0.4, -0.2) is 138 Å². The van der Waals surface area contributed by atoms with Gasteiger partial charge in [0.15, 0.2) is 70.8 Å². The maximum absolute atomic E-state index is 11.5. The summed E-state index contributed by atoms with van der Waals surface area (Å²) >= 11 is 0. The Morgan fingerprint density at radius 2 is 0.686 bits per heavy atom. The van der Waals surface area contributed by atoms with Crippen molar-refractivity contribution in [2.75, 3.05) is 13.2 Å². The summed E-state index contributed by atoms with van der Waals surface area (Å²) in [6.45, 7) is 45.8. The molecule has 0 aliphatic carbocycles. The van der Waals surface area contributed by atoms with Crippen LogP contribution in [0, 0.1) is 0 Å². The minimum Gasteiger partial charge on any atom is -0.415 e. The highest BCUT2D eigenvalue weighted by Crippen LogP contribution is 2.37. The molecule has 2 rings (SSSR count). The predicted molar refractivity (Wildman–Crippen MR) is 224 cm³/mol. The highest BCUT2D eigenvalue weighted by atomic mass is 28.4. The zero-order valence-electron chi connectivity index (χ0n) is 36.2. The van der Waals surface area contributed by atoms with Gasteiger partial charge in [-0.05, 0) is 137 Å². The van der Waals surface area contributed by atoms with Gasteiger partial charge in [0.05, 0.1) is 13.2 Å². The van der Waals surface area contributed by atoms with Gasteiger partial charge in [-0.3, -0.25) is 0 Å². The van der Waals surface area contributed by atoms with Crippen LogP contribution in [0.4, 0.5) is 0 Å². The minimum absolute atomic E-state index is 0.0778. The van der Waals surface area contributed by atoms with Crippen molar-refractivity contribution < 1.29 is 50.3 Å². The van der Waals surface area contributed by atoms with E-state index in [0.29, 0.717) is 6.61 Å². The maximum atomic E-state index is 11.5. The van der Waals surface area contributed by atoms with Crippen LogP contribution in [0.2, 0.25) is 137 Å². The number of hydrogen-bond acceptors (Lipinski definition) is 11. The van der Waals surface area contributed by atoms with Crippen molar-refractivity contribution in [2.24, 2.45) is 0 Å². The van der Waals surface area contributed by atoms with Gasteiger partial charge < -0.3 is 50.3 Å². The molecule has 2 heterocycles. The molecule has 0 amide bonds. The molecule has 2 fully saturated rings. The average Bonchev–Trinajstić information content (AvgIpc) is 2.84. The minimum atomic E-state index is -2.17. The Kier molecular flexibility index (Phi) is 16.7.